The molecule has 0 unspecified atom stereocenters. The second-order valence-electron chi connectivity index (χ2n) is 2.52. The number of carbonyl (C=O) groups excluding carboxylic acids is 2. The highest BCUT2D eigenvalue weighted by atomic mass is 35.5. The Morgan fingerprint density at radius 2 is 1.21 bits per heavy atom. The zero-order valence-corrected chi connectivity index (χ0v) is 10.8. The average Bonchev–Trinajstić information content (AvgIpc) is 2.08. The molecule has 82 valence electrons. The van der Waals surface area contributed by atoms with E-state index in [-0.39, 0.29) is 10.5 Å². The maximum absolute atomic E-state index is 10.3. The van der Waals surface area contributed by atoms with Crippen LogP contribution < -0.4 is 0 Å². The molecule has 0 saturated heterocycles. The Balaban J connectivity index is 2.99. The molecule has 0 aromatic heterocycles. The molecule has 0 N–H and O–H groups in total. The van der Waals surface area contributed by atoms with E-state index in [0.717, 1.165) is 24.3 Å². The molecular weight excluding hydrogens is 263 g/mol. The van der Waals surface area contributed by atoms with Crippen LogP contribution in [0, 0.1) is 0 Å². The molecule has 14 heavy (non-hydrogen) atoms. The zero-order chi connectivity index (χ0) is 10.8. The number of hydrogen-bond acceptors (Lipinski definition) is 4. The standard InChI is InChI=1S/C8H12Cl2O2S2/c9-7(11)5-13-3-1-2-4-14-6-8(10)12/h1-6H2. The van der Waals surface area contributed by atoms with Gasteiger partial charge in [0.1, 0.15) is 0 Å². The van der Waals surface area contributed by atoms with E-state index < -0.39 is 0 Å². The summed E-state index contributed by atoms with van der Waals surface area (Å²) in [4.78, 5) is 20.7. The van der Waals surface area contributed by atoms with Gasteiger partial charge in [0.15, 0.2) is 0 Å². The molecular formula is C8H12Cl2O2S2. The number of thioether (sulfide) groups is 2. The minimum absolute atomic E-state index is 0.294. The third-order valence-electron chi connectivity index (χ3n) is 1.26. The molecule has 0 heterocycles. The van der Waals surface area contributed by atoms with Crippen LogP contribution >= 0.6 is 46.7 Å². The molecule has 0 aliphatic carbocycles. The van der Waals surface area contributed by atoms with Gasteiger partial charge in [0.05, 0.1) is 11.5 Å². The van der Waals surface area contributed by atoms with Gasteiger partial charge < -0.3 is 0 Å². The van der Waals surface area contributed by atoms with Gasteiger partial charge in [-0.05, 0) is 47.5 Å². The van der Waals surface area contributed by atoms with Crippen molar-refractivity contribution >= 4 is 57.2 Å². The summed E-state index contributed by atoms with van der Waals surface area (Å²) in [5.74, 6) is 2.64. The van der Waals surface area contributed by atoms with Gasteiger partial charge in [0.2, 0.25) is 10.5 Å². The second kappa shape index (κ2) is 10.1. The molecule has 0 atom stereocenters. The molecule has 0 saturated carbocycles. The van der Waals surface area contributed by atoms with E-state index in [9.17, 15) is 9.59 Å². The van der Waals surface area contributed by atoms with Crippen molar-refractivity contribution < 1.29 is 9.59 Å². The van der Waals surface area contributed by atoms with E-state index in [4.69, 9.17) is 23.2 Å². The summed E-state index contributed by atoms with van der Waals surface area (Å²) in [5, 5.41) is -0.589. The van der Waals surface area contributed by atoms with Crippen molar-refractivity contribution in [2.24, 2.45) is 0 Å². The molecule has 0 rings (SSSR count). The number of halogens is 2. The predicted molar refractivity (Wildman–Crippen MR) is 65.6 cm³/mol. The summed E-state index contributed by atoms with van der Waals surface area (Å²) < 4.78 is 0. The fraction of sp³-hybridized carbons (Fsp3) is 0.750. The number of rotatable bonds is 9. The van der Waals surface area contributed by atoms with Gasteiger partial charge in [0, 0.05) is 0 Å². The molecule has 0 aliphatic heterocycles. The Bertz CT molecular complexity index is 168. The van der Waals surface area contributed by atoms with Gasteiger partial charge in [0.25, 0.3) is 0 Å². The van der Waals surface area contributed by atoms with Crippen LogP contribution in [0.3, 0.4) is 0 Å². The van der Waals surface area contributed by atoms with Gasteiger partial charge in [-0.2, -0.15) is 23.5 Å². The minimum atomic E-state index is -0.294. The number of hydrogen-bond donors (Lipinski definition) is 0. The first-order valence-corrected chi connectivity index (χ1v) is 7.21. The third-order valence-corrected chi connectivity index (χ3v) is 3.93. The Hall–Kier alpha value is 0.620. The number of carbonyl (C=O) groups is 2. The summed E-state index contributed by atoms with van der Waals surface area (Å²) in [7, 11) is 0. The maximum atomic E-state index is 10.3. The number of unbranched alkanes of at least 4 members (excludes halogenated alkanes) is 1. The highest BCUT2D eigenvalue weighted by Crippen LogP contribution is 2.10. The molecule has 0 amide bonds. The van der Waals surface area contributed by atoms with Crippen LogP contribution in [-0.4, -0.2) is 33.5 Å². The van der Waals surface area contributed by atoms with E-state index in [1.807, 2.05) is 0 Å². The largest absolute Gasteiger partial charge is 0.280 e. The predicted octanol–water partition coefficient (Wildman–Crippen LogP) is 2.76. The minimum Gasteiger partial charge on any atom is -0.280 e. The second-order valence-corrected chi connectivity index (χ2v) is 5.58. The molecule has 0 aromatic rings. The Morgan fingerprint density at radius 1 is 0.857 bits per heavy atom. The van der Waals surface area contributed by atoms with Crippen molar-refractivity contribution in [3.8, 4) is 0 Å². The monoisotopic (exact) mass is 274 g/mol. The lowest BCUT2D eigenvalue weighted by atomic mass is 10.4. The Kier molecular flexibility index (Phi) is 10.6. The van der Waals surface area contributed by atoms with Crippen molar-refractivity contribution in [2.45, 2.75) is 12.8 Å². The molecule has 0 spiro atoms. The highest BCUT2D eigenvalue weighted by molar-refractivity contribution is 8.00. The van der Waals surface area contributed by atoms with Crippen molar-refractivity contribution in [1.82, 2.24) is 0 Å². The van der Waals surface area contributed by atoms with Crippen LogP contribution in [0.25, 0.3) is 0 Å². The average molecular weight is 275 g/mol. The summed E-state index contributed by atoms with van der Waals surface area (Å²) >= 11 is 13.4. The van der Waals surface area contributed by atoms with Crippen LogP contribution in [0.1, 0.15) is 12.8 Å². The quantitative estimate of drug-likeness (QED) is 0.478. The van der Waals surface area contributed by atoms with Gasteiger partial charge in [-0.3, -0.25) is 9.59 Å². The summed E-state index contributed by atoms with van der Waals surface area (Å²) in [6.45, 7) is 0. The van der Waals surface area contributed by atoms with E-state index in [1.54, 1.807) is 23.5 Å². The highest BCUT2D eigenvalue weighted by Gasteiger charge is 1.98. The summed E-state index contributed by atoms with van der Waals surface area (Å²) in [5.41, 5.74) is 0. The van der Waals surface area contributed by atoms with Crippen molar-refractivity contribution in [3.05, 3.63) is 0 Å². The zero-order valence-electron chi connectivity index (χ0n) is 7.63. The van der Waals surface area contributed by atoms with E-state index in [1.165, 1.54) is 0 Å². The normalized spacial score (nSPS) is 10.1. The van der Waals surface area contributed by atoms with Crippen LogP contribution in [0.4, 0.5) is 0 Å². The Labute approximate surface area is 102 Å². The van der Waals surface area contributed by atoms with Gasteiger partial charge >= 0.3 is 0 Å². The third kappa shape index (κ3) is 12.6. The lowest BCUT2D eigenvalue weighted by Crippen LogP contribution is -1.94. The van der Waals surface area contributed by atoms with Gasteiger partial charge in [-0.25, -0.2) is 0 Å². The maximum Gasteiger partial charge on any atom is 0.231 e. The van der Waals surface area contributed by atoms with Gasteiger partial charge in [-0.1, -0.05) is 0 Å². The topological polar surface area (TPSA) is 34.1 Å². The molecule has 0 aromatic carbocycles. The van der Waals surface area contributed by atoms with Crippen LogP contribution in [-0.2, 0) is 9.59 Å². The molecule has 0 fully saturated rings. The van der Waals surface area contributed by atoms with E-state index >= 15 is 0 Å². The molecule has 6 heteroatoms. The van der Waals surface area contributed by atoms with Gasteiger partial charge in [-0.15, -0.1) is 0 Å². The molecule has 2 nitrogen and oxygen atoms in total. The van der Waals surface area contributed by atoms with Crippen molar-refractivity contribution in [3.63, 3.8) is 0 Å². The van der Waals surface area contributed by atoms with Crippen molar-refractivity contribution in [2.75, 3.05) is 23.0 Å². The Morgan fingerprint density at radius 3 is 1.50 bits per heavy atom. The molecule has 0 aliphatic rings. The fourth-order valence-electron chi connectivity index (χ4n) is 0.713. The summed E-state index contributed by atoms with van der Waals surface area (Å²) in [6, 6.07) is 0. The van der Waals surface area contributed by atoms with E-state index in [0.29, 0.717) is 11.5 Å². The SMILES string of the molecule is O=C(Cl)CSCCCCSCC(=O)Cl. The smallest absolute Gasteiger partial charge is 0.231 e. The summed E-state index contributed by atoms with van der Waals surface area (Å²) in [6.07, 6.45) is 2.08. The molecule has 0 radical (unpaired) electrons. The molecule has 0 bridgehead atoms. The first-order valence-electron chi connectivity index (χ1n) is 4.15. The lowest BCUT2D eigenvalue weighted by Gasteiger charge is -1.98. The van der Waals surface area contributed by atoms with Crippen LogP contribution in [0.15, 0.2) is 0 Å². The first kappa shape index (κ1) is 14.6. The van der Waals surface area contributed by atoms with Crippen LogP contribution in [0.2, 0.25) is 0 Å². The van der Waals surface area contributed by atoms with Crippen molar-refractivity contribution in [1.29, 1.82) is 0 Å². The first-order chi connectivity index (χ1) is 6.63. The fourth-order valence-corrected chi connectivity index (χ4v) is 2.60. The van der Waals surface area contributed by atoms with E-state index in [2.05, 4.69) is 0 Å². The van der Waals surface area contributed by atoms with Crippen LogP contribution in [0.5, 0.6) is 0 Å². The lowest BCUT2D eigenvalue weighted by molar-refractivity contribution is -0.110.